The molecule has 2 aromatic heterocycles. The van der Waals surface area contributed by atoms with Crippen molar-refractivity contribution in [1.82, 2.24) is 9.97 Å². The second-order valence-corrected chi connectivity index (χ2v) is 7.80. The Bertz CT molecular complexity index is 1160. The number of nitrogens with zero attached hydrogens (tertiary/aromatic N) is 3. The average molecular weight is 422 g/mol. The summed E-state index contributed by atoms with van der Waals surface area (Å²) in [6.07, 6.45) is 4.16. The molecule has 0 spiro atoms. The van der Waals surface area contributed by atoms with Gasteiger partial charge in [0.05, 0.1) is 23.0 Å². The van der Waals surface area contributed by atoms with E-state index in [0.717, 1.165) is 29.8 Å². The zero-order chi connectivity index (χ0) is 22.1. The Morgan fingerprint density at radius 1 is 1.26 bits per heavy atom. The number of para-hydroxylation sites is 1. The summed E-state index contributed by atoms with van der Waals surface area (Å²) in [6, 6.07) is 9.69. The number of amides is 2. The molecule has 1 aromatic carbocycles. The van der Waals surface area contributed by atoms with E-state index < -0.39 is 23.7 Å². The number of nitrogens with two attached hydrogens (primary N) is 2. The molecule has 2 amide bonds. The predicted octanol–water partition coefficient (Wildman–Crippen LogP) is 2.70. The van der Waals surface area contributed by atoms with Crippen LogP contribution < -0.4 is 21.7 Å². The summed E-state index contributed by atoms with van der Waals surface area (Å²) in [5, 5.41) is 3.89. The van der Waals surface area contributed by atoms with Crippen molar-refractivity contribution in [3.8, 4) is 0 Å². The predicted molar refractivity (Wildman–Crippen MR) is 116 cm³/mol. The van der Waals surface area contributed by atoms with Crippen molar-refractivity contribution in [1.29, 1.82) is 0 Å². The molecular weight excluding hydrogens is 399 g/mol. The largest absolute Gasteiger partial charge is 0.368 e. The Labute approximate surface area is 178 Å². The first kappa shape index (κ1) is 20.5. The third-order valence-electron chi connectivity index (χ3n) is 5.46. The zero-order valence-corrected chi connectivity index (χ0v) is 17.0. The first-order valence-corrected chi connectivity index (χ1v) is 9.98. The minimum atomic E-state index is -0.832. The van der Waals surface area contributed by atoms with Crippen molar-refractivity contribution in [2.75, 3.05) is 17.3 Å². The lowest BCUT2D eigenvalue weighted by Gasteiger charge is -2.27. The van der Waals surface area contributed by atoms with E-state index in [-0.39, 0.29) is 17.2 Å². The van der Waals surface area contributed by atoms with Gasteiger partial charge in [-0.2, -0.15) is 0 Å². The molecule has 1 unspecified atom stereocenters. The van der Waals surface area contributed by atoms with E-state index in [1.807, 2.05) is 30.3 Å². The van der Waals surface area contributed by atoms with Crippen molar-refractivity contribution in [3.05, 3.63) is 54.0 Å². The van der Waals surface area contributed by atoms with Gasteiger partial charge in [-0.15, -0.1) is 0 Å². The number of carbonyl (C=O) groups excluding carboxylic acids is 2. The fourth-order valence-corrected chi connectivity index (χ4v) is 3.57. The molecule has 160 valence electrons. The van der Waals surface area contributed by atoms with Gasteiger partial charge in [0, 0.05) is 12.4 Å². The lowest BCUT2D eigenvalue weighted by Crippen LogP contribution is -2.44. The Hall–Kier alpha value is -3.75. The maximum Gasteiger partial charge on any atom is 0.252 e. The maximum absolute atomic E-state index is 14.9. The van der Waals surface area contributed by atoms with Gasteiger partial charge in [0.1, 0.15) is 11.9 Å². The van der Waals surface area contributed by atoms with Crippen LogP contribution in [0, 0.1) is 11.7 Å². The summed E-state index contributed by atoms with van der Waals surface area (Å²) in [5.74, 6) is -1.77. The highest BCUT2D eigenvalue weighted by molar-refractivity contribution is 5.99. The maximum atomic E-state index is 14.9. The number of pyridine rings is 2. The van der Waals surface area contributed by atoms with Crippen LogP contribution in [0.25, 0.3) is 10.9 Å². The Morgan fingerprint density at radius 2 is 2.00 bits per heavy atom. The third kappa shape index (κ3) is 4.40. The summed E-state index contributed by atoms with van der Waals surface area (Å²) in [4.78, 5) is 34.0. The highest BCUT2D eigenvalue weighted by atomic mass is 19.1. The molecule has 8 nitrogen and oxygen atoms in total. The van der Waals surface area contributed by atoms with Gasteiger partial charge in [-0.05, 0) is 30.5 Å². The minimum Gasteiger partial charge on any atom is -0.368 e. The molecular formula is C22H23FN6O2. The van der Waals surface area contributed by atoms with Crippen molar-refractivity contribution in [2.24, 2.45) is 17.4 Å². The van der Waals surface area contributed by atoms with Gasteiger partial charge >= 0.3 is 0 Å². The molecule has 2 heterocycles. The van der Waals surface area contributed by atoms with Crippen LogP contribution in [0.4, 0.5) is 21.7 Å². The van der Waals surface area contributed by atoms with Gasteiger partial charge in [-0.1, -0.05) is 31.0 Å². The molecule has 9 heteroatoms. The molecule has 3 aromatic rings. The zero-order valence-electron chi connectivity index (χ0n) is 17.0. The van der Waals surface area contributed by atoms with Gasteiger partial charge in [-0.3, -0.25) is 14.6 Å². The molecule has 1 atom stereocenters. The first-order chi connectivity index (χ1) is 14.8. The van der Waals surface area contributed by atoms with Gasteiger partial charge < -0.3 is 21.7 Å². The number of benzene rings is 1. The number of primary amides is 2. The number of likely N-dealkylation sites (N-methyl/N-ethyl adjacent to an activating group) is 1. The number of anilines is 3. The molecule has 0 saturated heterocycles. The number of aromatic nitrogens is 2. The van der Waals surface area contributed by atoms with E-state index in [9.17, 15) is 14.0 Å². The van der Waals surface area contributed by atoms with E-state index in [4.69, 9.17) is 11.5 Å². The van der Waals surface area contributed by atoms with Crippen LogP contribution in [0.5, 0.6) is 0 Å². The third-order valence-corrected chi connectivity index (χ3v) is 5.46. The fourth-order valence-electron chi connectivity index (χ4n) is 3.57. The van der Waals surface area contributed by atoms with Crippen LogP contribution in [0.3, 0.4) is 0 Å². The minimum absolute atomic E-state index is 0.0717. The number of nitrogens with one attached hydrogen (secondary N) is 1. The van der Waals surface area contributed by atoms with Crippen LogP contribution in [0.1, 0.15) is 29.6 Å². The van der Waals surface area contributed by atoms with Crippen molar-refractivity contribution in [3.63, 3.8) is 0 Å². The number of fused-ring (bicyclic) bond motifs is 1. The van der Waals surface area contributed by atoms with E-state index in [0.29, 0.717) is 18.0 Å². The van der Waals surface area contributed by atoms with Crippen LogP contribution >= 0.6 is 0 Å². The first-order valence-electron chi connectivity index (χ1n) is 9.98. The van der Waals surface area contributed by atoms with Gasteiger partial charge in [0.15, 0.2) is 11.6 Å². The lowest BCUT2D eigenvalue weighted by molar-refractivity contribution is -0.119. The fraction of sp³-hybridized carbons (Fsp3) is 0.273. The summed E-state index contributed by atoms with van der Waals surface area (Å²) in [5.41, 5.74) is 12.3. The summed E-state index contributed by atoms with van der Waals surface area (Å²) >= 11 is 0. The monoisotopic (exact) mass is 422 g/mol. The molecule has 5 N–H and O–H groups in total. The quantitative estimate of drug-likeness (QED) is 0.512. The summed E-state index contributed by atoms with van der Waals surface area (Å²) < 4.78 is 14.9. The summed E-state index contributed by atoms with van der Waals surface area (Å²) in [6.45, 7) is 0. The average Bonchev–Trinajstić information content (AvgIpc) is 3.56. The van der Waals surface area contributed by atoms with Gasteiger partial charge in [0.2, 0.25) is 5.91 Å². The standard InChI is InChI=1S/C22H23FN6O2/c1-29(18(20(25)31)8-12-6-7-12)22-16(23)10-15(19(24)30)21(28-22)27-14-9-13-4-2-3-5-17(13)26-11-14/h2-5,9-12,18H,6-8H2,1H3,(H2,24,30)(H2,25,31)(H,27,28). The molecule has 31 heavy (non-hydrogen) atoms. The molecule has 0 aliphatic heterocycles. The van der Waals surface area contributed by atoms with Crippen LogP contribution in [-0.2, 0) is 4.79 Å². The summed E-state index contributed by atoms with van der Waals surface area (Å²) in [7, 11) is 1.56. The molecule has 1 saturated carbocycles. The molecule has 1 aliphatic carbocycles. The van der Waals surface area contributed by atoms with Crippen LogP contribution in [-0.4, -0.2) is 34.9 Å². The second kappa shape index (κ2) is 8.17. The van der Waals surface area contributed by atoms with E-state index in [2.05, 4.69) is 15.3 Å². The lowest BCUT2D eigenvalue weighted by atomic mass is 10.1. The Kier molecular flexibility index (Phi) is 5.41. The van der Waals surface area contributed by atoms with Crippen molar-refractivity contribution < 1.29 is 14.0 Å². The molecule has 0 radical (unpaired) electrons. The van der Waals surface area contributed by atoms with Crippen molar-refractivity contribution >= 4 is 40.0 Å². The number of hydrogen-bond acceptors (Lipinski definition) is 6. The smallest absolute Gasteiger partial charge is 0.252 e. The normalized spacial score (nSPS) is 14.3. The second-order valence-electron chi connectivity index (χ2n) is 7.80. The Balaban J connectivity index is 1.71. The van der Waals surface area contributed by atoms with Gasteiger partial charge in [-0.25, -0.2) is 9.37 Å². The van der Waals surface area contributed by atoms with Crippen LogP contribution in [0.2, 0.25) is 0 Å². The number of halogens is 1. The molecule has 1 aliphatic rings. The van der Waals surface area contributed by atoms with E-state index in [1.165, 1.54) is 4.90 Å². The number of rotatable bonds is 8. The SMILES string of the molecule is CN(c1nc(Nc2cnc3ccccc3c2)c(C(N)=O)cc1F)C(CC1CC1)C(N)=O. The van der Waals surface area contributed by atoms with Crippen molar-refractivity contribution in [2.45, 2.75) is 25.3 Å². The number of carbonyl (C=O) groups is 2. The highest BCUT2D eigenvalue weighted by Gasteiger charge is 2.32. The van der Waals surface area contributed by atoms with Crippen LogP contribution in [0.15, 0.2) is 42.6 Å². The highest BCUT2D eigenvalue weighted by Crippen LogP contribution is 2.36. The Morgan fingerprint density at radius 3 is 2.68 bits per heavy atom. The van der Waals surface area contributed by atoms with Gasteiger partial charge in [0.25, 0.3) is 5.91 Å². The molecule has 0 bridgehead atoms. The molecule has 4 rings (SSSR count). The van der Waals surface area contributed by atoms with E-state index >= 15 is 0 Å². The topological polar surface area (TPSA) is 127 Å². The van der Waals surface area contributed by atoms with E-state index in [1.54, 1.807) is 13.2 Å². The molecule has 1 fully saturated rings. The number of hydrogen-bond donors (Lipinski definition) is 3.